The monoisotopic (exact) mass is 332 g/mol. The van der Waals surface area contributed by atoms with Crippen molar-refractivity contribution in [1.82, 2.24) is 14.9 Å². The molecular weight excluding hydrogens is 311 g/mol. The lowest BCUT2D eigenvalue weighted by Gasteiger charge is -2.39. The molecule has 0 amide bonds. The first-order valence-corrected chi connectivity index (χ1v) is 8.32. The summed E-state index contributed by atoms with van der Waals surface area (Å²) in [6, 6.07) is 2.16. The summed E-state index contributed by atoms with van der Waals surface area (Å²) in [5.74, 6) is 0.0231. The summed E-state index contributed by atoms with van der Waals surface area (Å²) in [7, 11) is 0. The smallest absolute Gasteiger partial charge is 0.223 e. The molecule has 1 N–H and O–H groups in total. The fourth-order valence-corrected chi connectivity index (χ4v) is 3.76. The summed E-state index contributed by atoms with van der Waals surface area (Å²) in [5.41, 5.74) is 1.08. The van der Waals surface area contributed by atoms with Crippen LogP contribution in [-0.4, -0.2) is 46.2 Å². The number of piperidine rings is 1. The van der Waals surface area contributed by atoms with Crippen molar-refractivity contribution in [3.05, 3.63) is 42.4 Å². The van der Waals surface area contributed by atoms with Gasteiger partial charge in [0, 0.05) is 25.1 Å². The van der Waals surface area contributed by atoms with E-state index in [-0.39, 0.29) is 11.6 Å². The van der Waals surface area contributed by atoms with Gasteiger partial charge in [-0.1, -0.05) is 0 Å². The molecule has 2 aromatic rings. The van der Waals surface area contributed by atoms with E-state index in [2.05, 4.69) is 20.2 Å². The molecule has 2 aliphatic heterocycles. The molecule has 0 aromatic carbocycles. The molecule has 6 nitrogen and oxygen atoms in total. The number of nitrogens with one attached hydrogen (secondary N) is 1. The minimum Gasteiger partial charge on any atom is -0.472 e. The van der Waals surface area contributed by atoms with Gasteiger partial charge >= 0.3 is 0 Å². The molecule has 1 spiro atoms. The second-order valence-electron chi connectivity index (χ2n) is 6.71. The Morgan fingerprint density at radius 1 is 1.38 bits per heavy atom. The van der Waals surface area contributed by atoms with Gasteiger partial charge in [-0.05, 0) is 25.5 Å². The third kappa shape index (κ3) is 3.42. The zero-order valence-corrected chi connectivity index (χ0v) is 13.4. The number of nitrogens with zero attached hydrogens (tertiary/aromatic N) is 3. The number of anilines is 1. The molecule has 2 aliphatic rings. The van der Waals surface area contributed by atoms with Crippen molar-refractivity contribution in [2.24, 2.45) is 0 Å². The van der Waals surface area contributed by atoms with Crippen LogP contribution in [0.15, 0.2) is 35.4 Å². The van der Waals surface area contributed by atoms with Crippen LogP contribution in [0.1, 0.15) is 24.8 Å². The van der Waals surface area contributed by atoms with Crippen LogP contribution in [-0.2, 0) is 11.3 Å². The highest BCUT2D eigenvalue weighted by molar-refractivity contribution is 5.26. The summed E-state index contributed by atoms with van der Waals surface area (Å²) >= 11 is 0. The molecule has 7 heteroatoms. The number of hydrogen-bond acceptors (Lipinski definition) is 6. The Bertz CT molecular complexity index is 664. The lowest BCUT2D eigenvalue weighted by Crippen LogP contribution is -2.47. The quantitative estimate of drug-likeness (QED) is 0.928. The van der Waals surface area contributed by atoms with Gasteiger partial charge in [-0.25, -0.2) is 14.4 Å². The molecule has 2 atom stereocenters. The Kier molecular flexibility index (Phi) is 4.20. The molecule has 0 radical (unpaired) electrons. The molecule has 0 aliphatic carbocycles. The van der Waals surface area contributed by atoms with Crippen molar-refractivity contribution in [3.8, 4) is 0 Å². The van der Waals surface area contributed by atoms with Gasteiger partial charge in [-0.15, -0.1) is 0 Å². The number of furan rings is 1. The number of hydrogen-bond donors (Lipinski definition) is 1. The van der Waals surface area contributed by atoms with Crippen LogP contribution in [0.2, 0.25) is 0 Å². The summed E-state index contributed by atoms with van der Waals surface area (Å²) in [5, 5.41) is 3.25. The maximum absolute atomic E-state index is 12.9. The summed E-state index contributed by atoms with van der Waals surface area (Å²) in [6.07, 6.45) is 8.96. The van der Waals surface area contributed by atoms with E-state index < -0.39 is 5.82 Å². The largest absolute Gasteiger partial charge is 0.472 e. The van der Waals surface area contributed by atoms with E-state index in [0.717, 1.165) is 38.9 Å². The van der Waals surface area contributed by atoms with Crippen LogP contribution in [0.5, 0.6) is 0 Å². The molecule has 0 saturated carbocycles. The summed E-state index contributed by atoms with van der Waals surface area (Å²) < 4.78 is 24.2. The molecular formula is C17H21FN4O2. The van der Waals surface area contributed by atoms with Crippen LogP contribution >= 0.6 is 0 Å². The second-order valence-corrected chi connectivity index (χ2v) is 6.71. The van der Waals surface area contributed by atoms with E-state index in [0.29, 0.717) is 12.6 Å². The van der Waals surface area contributed by atoms with Crippen LogP contribution in [0.25, 0.3) is 0 Å². The number of likely N-dealkylation sites (tertiary alicyclic amines) is 1. The average Bonchev–Trinajstić information content (AvgIpc) is 3.21. The molecule has 2 saturated heterocycles. The highest BCUT2D eigenvalue weighted by atomic mass is 19.1. The Balaban J connectivity index is 1.36. The van der Waals surface area contributed by atoms with Gasteiger partial charge in [-0.2, -0.15) is 0 Å². The van der Waals surface area contributed by atoms with Crippen LogP contribution in [0.3, 0.4) is 0 Å². The van der Waals surface area contributed by atoms with E-state index in [1.165, 1.54) is 18.0 Å². The van der Waals surface area contributed by atoms with Gasteiger partial charge in [-0.3, -0.25) is 4.90 Å². The van der Waals surface area contributed by atoms with Crippen molar-refractivity contribution < 1.29 is 13.5 Å². The third-order valence-corrected chi connectivity index (χ3v) is 4.77. The number of halogens is 1. The zero-order valence-electron chi connectivity index (χ0n) is 13.4. The standard InChI is InChI=1S/C17H21FN4O2/c18-14-7-19-16(20-8-14)21-15-6-17(24-11-15)3-1-4-22(12-17)9-13-2-5-23-10-13/h2,5,7-8,10,15H,1,3-4,6,9,11-12H2,(H,19,20,21)/t15-,17+/m1/s1. The predicted molar refractivity (Wildman–Crippen MR) is 85.9 cm³/mol. The molecule has 24 heavy (non-hydrogen) atoms. The van der Waals surface area contributed by atoms with Gasteiger partial charge in [0.1, 0.15) is 0 Å². The summed E-state index contributed by atoms with van der Waals surface area (Å²) in [6.45, 7) is 3.51. The maximum atomic E-state index is 12.9. The van der Waals surface area contributed by atoms with E-state index >= 15 is 0 Å². The Morgan fingerprint density at radius 2 is 2.25 bits per heavy atom. The first-order chi connectivity index (χ1) is 11.7. The van der Waals surface area contributed by atoms with Gasteiger partial charge in [0.25, 0.3) is 0 Å². The SMILES string of the molecule is Fc1cnc(N[C@H]2CO[C@@]3(CCCN(Cc4ccoc4)C3)C2)nc1. The van der Waals surface area contributed by atoms with Crippen molar-refractivity contribution in [2.75, 3.05) is 25.0 Å². The van der Waals surface area contributed by atoms with Crippen LogP contribution < -0.4 is 5.32 Å². The van der Waals surface area contributed by atoms with E-state index in [1.807, 2.05) is 6.07 Å². The average molecular weight is 332 g/mol. The molecule has 2 aromatic heterocycles. The number of ether oxygens (including phenoxy) is 1. The first kappa shape index (κ1) is 15.5. The predicted octanol–water partition coefficient (Wildman–Crippen LogP) is 2.44. The van der Waals surface area contributed by atoms with Gasteiger partial charge < -0.3 is 14.5 Å². The molecule has 0 bridgehead atoms. The Morgan fingerprint density at radius 3 is 3.04 bits per heavy atom. The van der Waals surface area contributed by atoms with Crippen molar-refractivity contribution in [2.45, 2.75) is 37.5 Å². The van der Waals surface area contributed by atoms with Crippen LogP contribution in [0, 0.1) is 5.82 Å². The summed E-state index contributed by atoms with van der Waals surface area (Å²) in [4.78, 5) is 10.4. The Hall–Kier alpha value is -1.99. The van der Waals surface area contributed by atoms with Crippen molar-refractivity contribution in [3.63, 3.8) is 0 Å². The maximum Gasteiger partial charge on any atom is 0.223 e. The van der Waals surface area contributed by atoms with Gasteiger partial charge in [0.2, 0.25) is 5.95 Å². The first-order valence-electron chi connectivity index (χ1n) is 8.32. The van der Waals surface area contributed by atoms with E-state index in [1.54, 1.807) is 12.5 Å². The Labute approximate surface area is 140 Å². The minimum absolute atomic E-state index is 0.111. The van der Waals surface area contributed by atoms with E-state index in [9.17, 15) is 4.39 Å². The van der Waals surface area contributed by atoms with Crippen LogP contribution in [0.4, 0.5) is 10.3 Å². The third-order valence-electron chi connectivity index (χ3n) is 4.77. The molecule has 2 fully saturated rings. The topological polar surface area (TPSA) is 63.4 Å². The zero-order chi connectivity index (χ0) is 16.4. The highest BCUT2D eigenvalue weighted by Gasteiger charge is 2.43. The molecule has 128 valence electrons. The lowest BCUT2D eigenvalue weighted by atomic mass is 9.88. The molecule has 4 rings (SSSR count). The molecule has 0 unspecified atom stereocenters. The highest BCUT2D eigenvalue weighted by Crippen LogP contribution is 2.36. The fourth-order valence-electron chi connectivity index (χ4n) is 3.76. The normalized spacial score (nSPS) is 27.6. The lowest BCUT2D eigenvalue weighted by molar-refractivity contribution is -0.0533. The number of rotatable bonds is 4. The molecule has 4 heterocycles. The van der Waals surface area contributed by atoms with Gasteiger partial charge in [0.15, 0.2) is 5.82 Å². The minimum atomic E-state index is -0.429. The van der Waals surface area contributed by atoms with Crippen molar-refractivity contribution >= 4 is 5.95 Å². The van der Waals surface area contributed by atoms with Gasteiger partial charge in [0.05, 0.1) is 43.2 Å². The van der Waals surface area contributed by atoms with E-state index in [4.69, 9.17) is 9.15 Å². The second kappa shape index (κ2) is 6.49. The van der Waals surface area contributed by atoms with Crippen molar-refractivity contribution in [1.29, 1.82) is 0 Å². The number of aromatic nitrogens is 2. The fraction of sp³-hybridized carbons (Fsp3) is 0.529.